The van der Waals surface area contributed by atoms with E-state index in [2.05, 4.69) is 10.3 Å². The van der Waals surface area contributed by atoms with Gasteiger partial charge in [-0.3, -0.25) is 9.59 Å². The fourth-order valence-electron chi connectivity index (χ4n) is 4.24. The van der Waals surface area contributed by atoms with Crippen LogP contribution in [0.25, 0.3) is 11.0 Å². The van der Waals surface area contributed by atoms with E-state index in [-0.39, 0.29) is 24.3 Å². The molecular formula is C24H24N4O4. The Balaban J connectivity index is 1.30. The largest absolute Gasteiger partial charge is 0.467 e. The first kappa shape index (κ1) is 20.1. The summed E-state index contributed by atoms with van der Waals surface area (Å²) in [5.41, 5.74) is 2.24. The average Bonchev–Trinajstić information content (AvgIpc) is 3.52. The predicted octanol–water partition coefficient (Wildman–Crippen LogP) is 3.61. The highest BCUT2D eigenvalue weighted by Crippen LogP contribution is 2.30. The van der Waals surface area contributed by atoms with Crippen molar-refractivity contribution in [3.8, 4) is 0 Å². The van der Waals surface area contributed by atoms with Gasteiger partial charge in [0.2, 0.25) is 5.91 Å². The molecule has 1 atom stereocenters. The number of hydrogen-bond donors (Lipinski definition) is 1. The van der Waals surface area contributed by atoms with E-state index >= 15 is 0 Å². The number of benzene rings is 1. The molecule has 0 fully saturated rings. The quantitative estimate of drug-likeness (QED) is 0.520. The molecule has 0 spiro atoms. The molecule has 0 aliphatic carbocycles. The van der Waals surface area contributed by atoms with Gasteiger partial charge in [0.15, 0.2) is 5.76 Å². The number of imidazole rings is 1. The second-order valence-electron chi connectivity index (χ2n) is 8.04. The fourth-order valence-corrected chi connectivity index (χ4v) is 4.24. The molecule has 32 heavy (non-hydrogen) atoms. The minimum atomic E-state index is -0.233. The van der Waals surface area contributed by atoms with Crippen molar-refractivity contribution in [2.75, 3.05) is 6.54 Å². The number of para-hydroxylation sites is 1. The molecule has 2 amide bonds. The van der Waals surface area contributed by atoms with E-state index < -0.39 is 0 Å². The molecule has 0 saturated heterocycles. The van der Waals surface area contributed by atoms with Crippen molar-refractivity contribution in [1.82, 2.24) is 19.8 Å². The Hall–Kier alpha value is -3.81. The summed E-state index contributed by atoms with van der Waals surface area (Å²) >= 11 is 0. The Kier molecular flexibility index (Phi) is 5.05. The maximum Gasteiger partial charge on any atom is 0.290 e. The number of carbonyl (C=O) groups is 2. The highest BCUT2D eigenvalue weighted by Gasteiger charge is 2.33. The van der Waals surface area contributed by atoms with E-state index in [0.717, 1.165) is 16.8 Å². The Labute approximate surface area is 184 Å². The first-order valence-corrected chi connectivity index (χ1v) is 10.7. The van der Waals surface area contributed by atoms with Gasteiger partial charge in [-0.2, -0.15) is 0 Å². The fraction of sp³-hybridized carbons (Fsp3) is 0.292. The van der Waals surface area contributed by atoms with Crippen LogP contribution in [0.1, 0.15) is 46.4 Å². The summed E-state index contributed by atoms with van der Waals surface area (Å²) in [4.78, 5) is 32.1. The first-order valence-electron chi connectivity index (χ1n) is 10.7. The minimum absolute atomic E-state index is 0.129. The van der Waals surface area contributed by atoms with Crippen molar-refractivity contribution in [2.45, 2.75) is 39.4 Å². The Morgan fingerprint density at radius 3 is 2.81 bits per heavy atom. The van der Waals surface area contributed by atoms with E-state index in [1.54, 1.807) is 17.2 Å². The Morgan fingerprint density at radius 2 is 2.03 bits per heavy atom. The van der Waals surface area contributed by atoms with Gasteiger partial charge < -0.3 is 23.6 Å². The van der Waals surface area contributed by atoms with Crippen LogP contribution in [-0.4, -0.2) is 32.8 Å². The van der Waals surface area contributed by atoms with Gasteiger partial charge in [-0.25, -0.2) is 4.98 Å². The summed E-state index contributed by atoms with van der Waals surface area (Å²) in [6.07, 6.45) is 3.64. The number of carbonyl (C=O) groups excluding carboxylic acids is 2. The second-order valence-corrected chi connectivity index (χ2v) is 8.04. The zero-order valence-electron chi connectivity index (χ0n) is 18.0. The van der Waals surface area contributed by atoms with Crippen LogP contribution in [0.5, 0.6) is 0 Å². The molecule has 0 radical (unpaired) electrons. The lowest BCUT2D eigenvalue weighted by atomic mass is 10.1. The van der Waals surface area contributed by atoms with Gasteiger partial charge >= 0.3 is 0 Å². The number of furan rings is 2. The van der Waals surface area contributed by atoms with Crippen molar-refractivity contribution in [2.24, 2.45) is 0 Å². The molecule has 4 aromatic rings. The summed E-state index contributed by atoms with van der Waals surface area (Å²) in [5.74, 6) is 1.57. The van der Waals surface area contributed by atoms with Crippen LogP contribution < -0.4 is 5.32 Å². The van der Waals surface area contributed by atoms with E-state index in [1.807, 2.05) is 54.9 Å². The summed E-state index contributed by atoms with van der Waals surface area (Å²) in [6, 6.07) is 11.0. The van der Waals surface area contributed by atoms with Crippen LogP contribution >= 0.6 is 0 Å². The molecule has 1 N–H and O–H groups in total. The van der Waals surface area contributed by atoms with Crippen molar-refractivity contribution >= 4 is 22.8 Å². The number of nitrogens with zero attached hydrogens (tertiary/aromatic N) is 3. The molecule has 0 bridgehead atoms. The standard InChI is InChI=1S/C24H24N4O4/c1-15-19-7-3-4-8-20(19)32-22(15)24(30)28-10-9-27-14-17(26-23(27)16(28)2)12-21(29)25-13-18-6-5-11-31-18/h3-8,11,14,16H,9-10,12-13H2,1-2H3,(H,25,29)/t16-/m0/s1. The van der Waals surface area contributed by atoms with Crippen molar-refractivity contribution in [1.29, 1.82) is 0 Å². The molecule has 1 aliphatic heterocycles. The summed E-state index contributed by atoms with van der Waals surface area (Å²) in [5, 5.41) is 3.78. The normalized spacial score (nSPS) is 15.7. The van der Waals surface area contributed by atoms with Gasteiger partial charge in [-0.05, 0) is 32.0 Å². The van der Waals surface area contributed by atoms with Crippen molar-refractivity contribution in [3.63, 3.8) is 0 Å². The van der Waals surface area contributed by atoms with Crippen molar-refractivity contribution in [3.05, 3.63) is 77.5 Å². The number of hydrogen-bond acceptors (Lipinski definition) is 5. The highest BCUT2D eigenvalue weighted by molar-refractivity contribution is 5.99. The maximum absolute atomic E-state index is 13.3. The van der Waals surface area contributed by atoms with Gasteiger partial charge in [-0.1, -0.05) is 18.2 Å². The van der Waals surface area contributed by atoms with E-state index in [1.165, 1.54) is 0 Å². The van der Waals surface area contributed by atoms with Crippen LogP contribution in [0.15, 0.2) is 57.7 Å². The lowest BCUT2D eigenvalue weighted by Crippen LogP contribution is -2.41. The smallest absolute Gasteiger partial charge is 0.290 e. The number of aromatic nitrogens is 2. The van der Waals surface area contributed by atoms with Crippen LogP contribution in [-0.2, 0) is 24.3 Å². The Bertz CT molecular complexity index is 1280. The van der Waals surface area contributed by atoms with E-state index in [0.29, 0.717) is 42.4 Å². The maximum atomic E-state index is 13.3. The third-order valence-electron chi connectivity index (χ3n) is 5.96. The van der Waals surface area contributed by atoms with Crippen LogP contribution in [0.4, 0.5) is 0 Å². The molecule has 0 unspecified atom stereocenters. The van der Waals surface area contributed by atoms with Crippen LogP contribution in [0.2, 0.25) is 0 Å². The topological polar surface area (TPSA) is 93.5 Å². The number of amides is 2. The van der Waals surface area contributed by atoms with Gasteiger partial charge in [0.1, 0.15) is 17.2 Å². The monoisotopic (exact) mass is 432 g/mol. The highest BCUT2D eigenvalue weighted by atomic mass is 16.3. The van der Waals surface area contributed by atoms with Crippen molar-refractivity contribution < 1.29 is 18.4 Å². The summed E-state index contributed by atoms with van der Waals surface area (Å²) in [7, 11) is 0. The van der Waals surface area contributed by atoms with E-state index in [4.69, 9.17) is 8.83 Å². The predicted molar refractivity (Wildman–Crippen MR) is 117 cm³/mol. The zero-order chi connectivity index (χ0) is 22.2. The molecular weight excluding hydrogens is 408 g/mol. The number of fused-ring (bicyclic) bond motifs is 2. The second kappa shape index (κ2) is 8.03. The van der Waals surface area contributed by atoms with Crippen LogP contribution in [0, 0.1) is 6.92 Å². The van der Waals surface area contributed by atoms with Crippen LogP contribution in [0.3, 0.4) is 0 Å². The molecule has 164 valence electrons. The molecule has 5 rings (SSSR count). The first-order chi connectivity index (χ1) is 15.5. The lowest BCUT2D eigenvalue weighted by molar-refractivity contribution is -0.120. The molecule has 4 heterocycles. The lowest BCUT2D eigenvalue weighted by Gasteiger charge is -2.33. The molecule has 1 aromatic carbocycles. The third-order valence-corrected chi connectivity index (χ3v) is 5.96. The summed E-state index contributed by atoms with van der Waals surface area (Å²) in [6.45, 7) is 5.37. The summed E-state index contributed by atoms with van der Waals surface area (Å²) < 4.78 is 13.1. The molecule has 1 aliphatic rings. The molecule has 0 saturated carbocycles. The number of rotatable bonds is 5. The number of aryl methyl sites for hydroxylation is 1. The molecule has 8 nitrogen and oxygen atoms in total. The van der Waals surface area contributed by atoms with Gasteiger partial charge in [0.05, 0.1) is 31.0 Å². The molecule has 8 heteroatoms. The SMILES string of the molecule is Cc1c(C(=O)N2CCn3cc(CC(=O)NCc4ccco4)nc3[C@@H]2C)oc2ccccc12. The number of nitrogens with one attached hydrogen (secondary N) is 1. The Morgan fingerprint density at radius 1 is 1.19 bits per heavy atom. The van der Waals surface area contributed by atoms with E-state index in [9.17, 15) is 9.59 Å². The zero-order valence-corrected chi connectivity index (χ0v) is 18.0. The molecule has 3 aromatic heterocycles. The third kappa shape index (κ3) is 3.57. The average molecular weight is 432 g/mol. The van der Waals surface area contributed by atoms with Gasteiger partial charge in [-0.15, -0.1) is 0 Å². The van der Waals surface area contributed by atoms with Gasteiger partial charge in [0, 0.05) is 30.2 Å². The van der Waals surface area contributed by atoms with Gasteiger partial charge in [0.25, 0.3) is 5.91 Å². The minimum Gasteiger partial charge on any atom is -0.467 e.